The summed E-state index contributed by atoms with van der Waals surface area (Å²) >= 11 is 0. The lowest BCUT2D eigenvalue weighted by Crippen LogP contribution is -2.26. The molecule has 0 saturated heterocycles. The first kappa shape index (κ1) is 22.2. The highest BCUT2D eigenvalue weighted by Crippen LogP contribution is 2.14. The van der Waals surface area contributed by atoms with Gasteiger partial charge < -0.3 is 18.2 Å². The summed E-state index contributed by atoms with van der Waals surface area (Å²) in [5, 5.41) is 0. The summed E-state index contributed by atoms with van der Waals surface area (Å²) in [5.74, 6) is 1.53. The molecule has 0 aliphatic rings. The van der Waals surface area contributed by atoms with Crippen LogP contribution in [0.15, 0.2) is 0 Å². The van der Waals surface area contributed by atoms with E-state index >= 15 is 0 Å². The second-order valence-corrected chi connectivity index (χ2v) is 13.3. The van der Waals surface area contributed by atoms with Crippen molar-refractivity contribution >= 4 is 40.8 Å². The summed E-state index contributed by atoms with van der Waals surface area (Å²) in [6.45, 7) is 4.13. The lowest BCUT2D eigenvalue weighted by Gasteiger charge is -2.14. The van der Waals surface area contributed by atoms with E-state index in [-0.39, 0.29) is 11.5 Å². The molecular formula is C13H28O4S4. The van der Waals surface area contributed by atoms with Crippen molar-refractivity contribution in [2.75, 3.05) is 23.0 Å². The molecule has 0 aromatic rings. The van der Waals surface area contributed by atoms with Gasteiger partial charge in [-0.15, -0.1) is 0 Å². The van der Waals surface area contributed by atoms with E-state index in [1.165, 1.54) is 0 Å². The molecule has 0 bridgehead atoms. The molecule has 4 unspecified atom stereocenters. The molecule has 0 saturated carbocycles. The Labute approximate surface area is 140 Å². The van der Waals surface area contributed by atoms with Gasteiger partial charge in [-0.3, -0.25) is 0 Å². The molecule has 4 atom stereocenters. The minimum atomic E-state index is -1.37. The first-order valence-corrected chi connectivity index (χ1v) is 13.9. The summed E-state index contributed by atoms with van der Waals surface area (Å²) in [6.07, 6.45) is 6.23. The van der Waals surface area contributed by atoms with Crippen molar-refractivity contribution in [3.63, 3.8) is 0 Å². The average molecular weight is 377 g/mol. The molecule has 0 N–H and O–H groups in total. The minimum absolute atomic E-state index is 0.288. The summed E-state index contributed by atoms with van der Waals surface area (Å²) in [6, 6.07) is 0. The van der Waals surface area contributed by atoms with E-state index in [1.807, 2.05) is 0 Å². The van der Waals surface area contributed by atoms with Gasteiger partial charge in [0.2, 0.25) is 0 Å². The molecule has 0 heterocycles. The highest BCUT2D eigenvalue weighted by molar-refractivity contribution is 8.67. The molecule has 0 aromatic carbocycles. The van der Waals surface area contributed by atoms with E-state index in [2.05, 4.69) is 13.8 Å². The van der Waals surface area contributed by atoms with E-state index in [0.29, 0.717) is 17.9 Å². The smallest absolute Gasteiger partial charge is 0.170 e. The second kappa shape index (κ2) is 14.8. The Hall–Kier alpha value is 1.24. The monoisotopic (exact) mass is 376 g/mol. The topological polar surface area (TPSA) is 92.2 Å². The van der Waals surface area contributed by atoms with Crippen LogP contribution in [-0.4, -0.2) is 41.2 Å². The Morgan fingerprint density at radius 1 is 0.476 bits per heavy atom. The molecule has 0 rings (SSSR count). The van der Waals surface area contributed by atoms with Crippen LogP contribution < -0.4 is 0 Å². The van der Waals surface area contributed by atoms with Gasteiger partial charge in [0.1, 0.15) is 0 Å². The van der Waals surface area contributed by atoms with Crippen molar-refractivity contribution < 1.29 is 18.2 Å². The van der Waals surface area contributed by atoms with Crippen LogP contribution in [0.25, 0.3) is 0 Å². The summed E-state index contributed by atoms with van der Waals surface area (Å²) < 4.78 is 46.8. The van der Waals surface area contributed by atoms with Crippen molar-refractivity contribution in [1.29, 1.82) is 0 Å². The van der Waals surface area contributed by atoms with Crippen LogP contribution in [0.4, 0.5) is 0 Å². The molecule has 8 heteroatoms. The van der Waals surface area contributed by atoms with Gasteiger partial charge in [0.15, 0.2) is 63.8 Å². The van der Waals surface area contributed by atoms with Gasteiger partial charge in [-0.05, 0) is 25.7 Å². The SMILES string of the molecule is CCCCC[S+]([O-])[S+]([O-])CCC[S+]([O-])[S+]([O-])CCCCC. The van der Waals surface area contributed by atoms with Crippen LogP contribution in [0.1, 0.15) is 58.8 Å². The number of hydrogen-bond acceptors (Lipinski definition) is 4. The Balaban J connectivity index is 3.70. The Bertz CT molecular complexity index is 214. The van der Waals surface area contributed by atoms with Crippen LogP contribution in [0.2, 0.25) is 0 Å². The van der Waals surface area contributed by atoms with Crippen molar-refractivity contribution in [1.82, 2.24) is 0 Å². The zero-order chi connectivity index (χ0) is 16.1. The van der Waals surface area contributed by atoms with Crippen molar-refractivity contribution in [2.24, 2.45) is 0 Å². The quantitative estimate of drug-likeness (QED) is 0.264. The van der Waals surface area contributed by atoms with Gasteiger partial charge in [-0.1, -0.05) is 26.7 Å². The molecule has 0 spiro atoms. The first-order chi connectivity index (χ1) is 10.0. The third-order valence-corrected chi connectivity index (χ3v) is 10.7. The molecule has 0 aliphatic heterocycles. The van der Waals surface area contributed by atoms with Gasteiger partial charge >= 0.3 is 0 Å². The van der Waals surface area contributed by atoms with E-state index in [4.69, 9.17) is 0 Å². The fourth-order valence-corrected chi connectivity index (χ4v) is 7.82. The largest absolute Gasteiger partial charge is 0.571 e. The van der Waals surface area contributed by atoms with E-state index in [9.17, 15) is 18.2 Å². The lowest BCUT2D eigenvalue weighted by atomic mass is 10.3. The third kappa shape index (κ3) is 12.3. The maximum atomic E-state index is 11.7. The molecule has 4 nitrogen and oxygen atoms in total. The molecule has 21 heavy (non-hydrogen) atoms. The molecule has 0 radical (unpaired) electrons. The third-order valence-electron chi connectivity index (χ3n) is 2.87. The molecule has 0 aliphatic carbocycles. The Morgan fingerprint density at radius 3 is 1.05 bits per heavy atom. The molecule has 0 fully saturated rings. The maximum absolute atomic E-state index is 11.7. The van der Waals surface area contributed by atoms with Crippen molar-refractivity contribution in [3.05, 3.63) is 0 Å². The predicted octanol–water partition coefficient (Wildman–Crippen LogP) is 2.58. The number of unbranched alkanes of at least 4 members (excludes halogenated alkanes) is 4. The van der Waals surface area contributed by atoms with Crippen LogP contribution >= 0.6 is 0 Å². The van der Waals surface area contributed by atoms with Crippen molar-refractivity contribution in [3.8, 4) is 0 Å². The highest BCUT2D eigenvalue weighted by Gasteiger charge is 2.28. The van der Waals surface area contributed by atoms with E-state index < -0.39 is 40.8 Å². The van der Waals surface area contributed by atoms with E-state index in [0.717, 1.165) is 38.5 Å². The maximum Gasteiger partial charge on any atom is 0.170 e. The highest BCUT2D eigenvalue weighted by atomic mass is 33.2. The molecule has 0 amide bonds. The Kier molecular flexibility index (Phi) is 15.7. The van der Waals surface area contributed by atoms with Crippen LogP contribution in [0.5, 0.6) is 0 Å². The summed E-state index contributed by atoms with van der Waals surface area (Å²) in [5.41, 5.74) is 0. The summed E-state index contributed by atoms with van der Waals surface area (Å²) in [7, 11) is -5.33. The predicted molar refractivity (Wildman–Crippen MR) is 95.7 cm³/mol. The fourth-order valence-electron chi connectivity index (χ4n) is 1.61. The second-order valence-electron chi connectivity index (χ2n) is 4.80. The Morgan fingerprint density at radius 2 is 0.762 bits per heavy atom. The zero-order valence-electron chi connectivity index (χ0n) is 13.0. The lowest BCUT2D eigenvalue weighted by molar-refractivity contribution is 0.575. The minimum Gasteiger partial charge on any atom is -0.571 e. The standard InChI is InChI=1S/C13H28O4S4/c1-3-5-7-10-18(14)20(16)12-9-13-21(17)19(15)11-8-6-4-2/h3-13H2,1-2H3. The van der Waals surface area contributed by atoms with E-state index in [1.54, 1.807) is 0 Å². The average Bonchev–Trinajstić information content (AvgIpc) is 2.47. The van der Waals surface area contributed by atoms with Gasteiger partial charge in [-0.2, -0.15) is 0 Å². The van der Waals surface area contributed by atoms with Crippen molar-refractivity contribution in [2.45, 2.75) is 58.8 Å². The fraction of sp³-hybridized carbons (Fsp3) is 1.00. The normalized spacial score (nSPS) is 17.4. The van der Waals surface area contributed by atoms with Gasteiger partial charge in [0.25, 0.3) is 0 Å². The van der Waals surface area contributed by atoms with Gasteiger partial charge in [0.05, 0.1) is 0 Å². The van der Waals surface area contributed by atoms with Crippen LogP contribution in [0, 0.1) is 0 Å². The summed E-state index contributed by atoms with van der Waals surface area (Å²) in [4.78, 5) is 0. The van der Waals surface area contributed by atoms with Crippen LogP contribution in [-0.2, 0) is 40.8 Å². The molecule has 128 valence electrons. The van der Waals surface area contributed by atoms with Gasteiger partial charge in [-0.25, -0.2) is 0 Å². The first-order valence-electron chi connectivity index (χ1n) is 7.57. The zero-order valence-corrected chi connectivity index (χ0v) is 16.3. The molecule has 0 aromatic heterocycles. The van der Waals surface area contributed by atoms with Gasteiger partial charge in [0, 0.05) is 6.42 Å². The number of rotatable bonds is 14. The number of hydrogen-bond donors (Lipinski definition) is 0. The van der Waals surface area contributed by atoms with Crippen LogP contribution in [0.3, 0.4) is 0 Å². The molecular weight excluding hydrogens is 348 g/mol.